The molecule has 0 bridgehead atoms. The predicted molar refractivity (Wildman–Crippen MR) is 192 cm³/mol. The maximum absolute atomic E-state index is 14.4. The molecule has 10 heteroatoms. The Labute approximate surface area is 289 Å². The van der Waals surface area contributed by atoms with Crippen LogP contribution in [0.1, 0.15) is 152 Å². The highest BCUT2D eigenvalue weighted by Gasteiger charge is 2.48. The van der Waals surface area contributed by atoms with Crippen LogP contribution in [0, 0.1) is 16.2 Å². The number of aliphatic imine (C=N–C) groups is 1. The molecule has 48 heavy (non-hydrogen) atoms. The van der Waals surface area contributed by atoms with E-state index in [-0.39, 0.29) is 16.1 Å². The minimum Gasteiger partial charge on any atom is -0.363 e. The third kappa shape index (κ3) is 9.33. The molecule has 9 nitrogen and oxygen atoms in total. The van der Waals surface area contributed by atoms with Crippen molar-refractivity contribution >= 4 is 31.2 Å². The number of hydrogen-bond donors (Lipinski definition) is 2. The highest BCUT2D eigenvalue weighted by Crippen LogP contribution is 2.51. The van der Waals surface area contributed by atoms with Crippen LogP contribution in [0.25, 0.3) is 0 Å². The molecule has 3 unspecified atom stereocenters. The monoisotopic (exact) mass is 687 g/mol. The van der Waals surface area contributed by atoms with Gasteiger partial charge in [-0.15, -0.1) is 0 Å². The summed E-state index contributed by atoms with van der Waals surface area (Å²) in [7, 11) is -4.42. The van der Waals surface area contributed by atoms with Crippen LogP contribution in [0.2, 0.25) is 0 Å². The van der Waals surface area contributed by atoms with E-state index < -0.39 is 36.4 Å². The first-order valence-corrected chi connectivity index (χ1v) is 19.6. The molecule has 2 N–H and O–H groups in total. The molecule has 2 aliphatic rings. The molecule has 0 radical (unpaired) electrons. The molecule has 3 atom stereocenters. The van der Waals surface area contributed by atoms with Crippen molar-refractivity contribution in [3.8, 4) is 0 Å². The molecule has 2 fully saturated rings. The number of carbonyl (C=O) groups is 2. The van der Waals surface area contributed by atoms with Crippen molar-refractivity contribution in [1.29, 1.82) is 0 Å². The second kappa shape index (κ2) is 15.5. The second-order valence-electron chi connectivity index (χ2n) is 16.6. The number of nitrogens with one attached hydrogen (secondary N) is 2. The molecular weight excluding hydrogens is 625 g/mol. The third-order valence-corrected chi connectivity index (χ3v) is 14.4. The van der Waals surface area contributed by atoms with E-state index in [0.29, 0.717) is 24.7 Å². The van der Waals surface area contributed by atoms with E-state index in [1.807, 2.05) is 34.6 Å². The molecule has 0 spiro atoms. The fraction of sp³-hybridized carbons (Fsp3) is 0.763. The van der Waals surface area contributed by atoms with Crippen LogP contribution >= 0.6 is 7.60 Å². The van der Waals surface area contributed by atoms with Crippen LogP contribution in [-0.2, 0) is 18.4 Å². The van der Waals surface area contributed by atoms with Crippen molar-refractivity contribution in [1.82, 2.24) is 10.6 Å². The summed E-state index contributed by atoms with van der Waals surface area (Å²) in [6.07, 6.45) is 12.3. The molecule has 0 saturated heterocycles. The van der Waals surface area contributed by atoms with Gasteiger partial charge < -0.3 is 19.7 Å². The molecule has 2 saturated carbocycles. The first-order valence-electron chi connectivity index (χ1n) is 18.1. The number of benzene rings is 1. The zero-order valence-corrected chi connectivity index (χ0v) is 32.0. The van der Waals surface area contributed by atoms with Gasteiger partial charge >= 0.3 is 19.8 Å². The van der Waals surface area contributed by atoms with Crippen LogP contribution in [0.5, 0.6) is 0 Å². The van der Waals surface area contributed by atoms with Crippen LogP contribution in [0.4, 0.5) is 9.59 Å². The van der Waals surface area contributed by atoms with Crippen LogP contribution in [-0.4, -0.2) is 34.9 Å². The molecule has 270 valence electrons. The largest absolute Gasteiger partial charge is 0.469 e. The SMILES string of the molecule is CCC(C)(N=C=O)C1(C)CCCC(C)(NC(=O)OP(=O)(OC(=O)NC(C)(CC)C2(C)CCCC(C)(C)CCC2)c2ccccc2)CCC1. The summed E-state index contributed by atoms with van der Waals surface area (Å²) in [5.74, 6) is 0. The third-order valence-electron chi connectivity index (χ3n) is 12.7. The zero-order valence-electron chi connectivity index (χ0n) is 31.1. The van der Waals surface area contributed by atoms with Gasteiger partial charge in [-0.2, -0.15) is 4.99 Å². The van der Waals surface area contributed by atoms with Gasteiger partial charge in [-0.05, 0) is 113 Å². The lowest BCUT2D eigenvalue weighted by atomic mass is 9.62. The van der Waals surface area contributed by atoms with Gasteiger partial charge in [-0.1, -0.05) is 85.4 Å². The Balaban J connectivity index is 1.75. The van der Waals surface area contributed by atoms with Crippen molar-refractivity contribution in [2.24, 2.45) is 21.2 Å². The summed E-state index contributed by atoms with van der Waals surface area (Å²) < 4.78 is 25.7. The number of rotatable bonds is 10. The Hall–Kier alpha value is -2.63. The lowest BCUT2D eigenvalue weighted by Crippen LogP contribution is -2.57. The second-order valence-corrected chi connectivity index (χ2v) is 18.5. The minimum atomic E-state index is -4.42. The van der Waals surface area contributed by atoms with Crippen LogP contribution in [0.15, 0.2) is 35.3 Å². The van der Waals surface area contributed by atoms with E-state index in [1.54, 1.807) is 36.4 Å². The highest BCUT2D eigenvalue weighted by molar-refractivity contribution is 7.63. The van der Waals surface area contributed by atoms with E-state index >= 15 is 0 Å². The minimum absolute atomic E-state index is 0.126. The maximum atomic E-state index is 14.4. The molecule has 0 heterocycles. The van der Waals surface area contributed by atoms with E-state index in [0.717, 1.165) is 70.6 Å². The van der Waals surface area contributed by atoms with Gasteiger partial charge in [-0.25, -0.2) is 18.9 Å². The number of isocyanates is 1. The van der Waals surface area contributed by atoms with Gasteiger partial charge in [0.15, 0.2) is 0 Å². The maximum Gasteiger partial charge on any atom is 0.469 e. The summed E-state index contributed by atoms with van der Waals surface area (Å²) in [6, 6.07) is 8.19. The van der Waals surface area contributed by atoms with Gasteiger partial charge in [0, 0.05) is 11.1 Å². The fourth-order valence-electron chi connectivity index (χ4n) is 8.24. The normalized spacial score (nSPS) is 28.1. The fourth-order valence-corrected chi connectivity index (χ4v) is 9.56. The van der Waals surface area contributed by atoms with Crippen molar-refractivity contribution < 1.29 is 28.0 Å². The summed E-state index contributed by atoms with van der Waals surface area (Å²) in [5.41, 5.74) is -1.81. The molecule has 1 aromatic rings. The Bertz CT molecular complexity index is 1340. The van der Waals surface area contributed by atoms with Crippen LogP contribution in [0.3, 0.4) is 0 Å². The first kappa shape index (κ1) is 39.8. The van der Waals surface area contributed by atoms with Gasteiger partial charge in [0.05, 0.1) is 10.8 Å². The summed E-state index contributed by atoms with van der Waals surface area (Å²) >= 11 is 0. The average molecular weight is 688 g/mol. The standard InChI is InChI=1S/C38H62N3O6P/c1-10-37(8,39-29-42)34(5)25-17-27-36(7,28-18-26-34)40-31(43)46-48(45,30-19-13-12-14-20-30)47-32(44)41-38(9,11-2)35(6)23-15-21-33(3,4)22-16-24-35/h12-14,19-20H,10-11,15-18,21-28H2,1-9H3,(H,40,43)(H,41,44). The number of carbonyl (C=O) groups excluding carboxylic acids is 3. The number of hydrogen-bond acceptors (Lipinski definition) is 7. The number of amides is 2. The van der Waals surface area contributed by atoms with E-state index in [9.17, 15) is 18.9 Å². The molecule has 2 aliphatic carbocycles. The zero-order chi connectivity index (χ0) is 35.9. The van der Waals surface area contributed by atoms with Gasteiger partial charge in [0.25, 0.3) is 0 Å². The Morgan fingerprint density at radius 1 is 0.792 bits per heavy atom. The average Bonchev–Trinajstić information content (AvgIpc) is 2.99. The number of nitrogens with zero attached hydrogens (tertiary/aromatic N) is 1. The molecule has 0 aromatic heterocycles. The topological polar surface area (TPSA) is 123 Å². The molecule has 3 rings (SSSR count). The van der Waals surface area contributed by atoms with Crippen LogP contribution < -0.4 is 15.9 Å². The highest BCUT2D eigenvalue weighted by atomic mass is 31.2. The van der Waals surface area contributed by atoms with E-state index in [1.165, 1.54) is 0 Å². The van der Waals surface area contributed by atoms with E-state index in [2.05, 4.69) is 43.3 Å². The summed E-state index contributed by atoms with van der Waals surface area (Å²) in [6.45, 7) is 19.2. The van der Waals surface area contributed by atoms with E-state index in [4.69, 9.17) is 9.05 Å². The van der Waals surface area contributed by atoms with Crippen molar-refractivity contribution in [2.45, 2.75) is 169 Å². The van der Waals surface area contributed by atoms with Gasteiger partial charge in [0.1, 0.15) is 0 Å². The first-order chi connectivity index (χ1) is 22.3. The van der Waals surface area contributed by atoms with Crippen molar-refractivity contribution in [3.05, 3.63) is 30.3 Å². The molecule has 2 amide bonds. The summed E-state index contributed by atoms with van der Waals surface area (Å²) in [5, 5.41) is 6.18. The quantitative estimate of drug-likeness (QED) is 0.143. The van der Waals surface area contributed by atoms with Crippen molar-refractivity contribution in [2.75, 3.05) is 0 Å². The molecule has 0 aliphatic heterocycles. The van der Waals surface area contributed by atoms with Gasteiger partial charge in [-0.3, -0.25) is 0 Å². The molecular formula is C38H62N3O6P. The Morgan fingerprint density at radius 2 is 1.29 bits per heavy atom. The lowest BCUT2D eigenvalue weighted by Gasteiger charge is -2.49. The van der Waals surface area contributed by atoms with Crippen molar-refractivity contribution in [3.63, 3.8) is 0 Å². The predicted octanol–water partition coefficient (Wildman–Crippen LogP) is 10.1. The summed E-state index contributed by atoms with van der Waals surface area (Å²) in [4.78, 5) is 42.6. The lowest BCUT2D eigenvalue weighted by molar-refractivity contribution is 0.0612. The van der Waals surface area contributed by atoms with Gasteiger partial charge in [0.2, 0.25) is 6.08 Å². The molecule has 1 aromatic carbocycles. The Kier molecular flexibility index (Phi) is 12.9. The Morgan fingerprint density at radius 3 is 1.79 bits per heavy atom. The smallest absolute Gasteiger partial charge is 0.363 e.